The second-order valence-corrected chi connectivity index (χ2v) is 6.16. The standard InChI is InChI=1S/C16H24FNO2S/c1-4-18-16(3,15(19)20-5-2)10-7-11-21-14-9-6-8-13(17)12-14/h6,8-9,12,18H,4-5,7,10-11H2,1-3H3. The first-order valence-electron chi connectivity index (χ1n) is 7.32. The number of halogens is 1. The molecule has 0 aliphatic rings. The summed E-state index contributed by atoms with van der Waals surface area (Å²) >= 11 is 1.60. The topological polar surface area (TPSA) is 38.3 Å². The zero-order valence-electron chi connectivity index (χ0n) is 12.9. The Labute approximate surface area is 130 Å². The van der Waals surface area contributed by atoms with Gasteiger partial charge in [-0.2, -0.15) is 0 Å². The molecule has 0 saturated carbocycles. The highest BCUT2D eigenvalue weighted by molar-refractivity contribution is 7.99. The molecule has 0 spiro atoms. The van der Waals surface area contributed by atoms with E-state index in [1.807, 2.05) is 26.8 Å². The van der Waals surface area contributed by atoms with Crippen LogP contribution in [-0.2, 0) is 9.53 Å². The molecule has 1 atom stereocenters. The summed E-state index contributed by atoms with van der Waals surface area (Å²) in [5, 5.41) is 3.21. The summed E-state index contributed by atoms with van der Waals surface area (Å²) in [6.45, 7) is 6.76. The van der Waals surface area contributed by atoms with Crippen LogP contribution in [0.2, 0.25) is 0 Å². The van der Waals surface area contributed by atoms with Crippen molar-refractivity contribution in [3.63, 3.8) is 0 Å². The third-order valence-corrected chi connectivity index (χ3v) is 4.26. The van der Waals surface area contributed by atoms with Gasteiger partial charge in [0.2, 0.25) is 0 Å². The predicted octanol–water partition coefficient (Wildman–Crippen LogP) is 3.63. The fraction of sp³-hybridized carbons (Fsp3) is 0.562. The number of ether oxygens (including phenoxy) is 1. The largest absolute Gasteiger partial charge is 0.465 e. The molecule has 118 valence electrons. The molecule has 0 aromatic heterocycles. The van der Waals surface area contributed by atoms with Crippen molar-refractivity contribution < 1.29 is 13.9 Å². The van der Waals surface area contributed by atoms with Crippen molar-refractivity contribution in [2.75, 3.05) is 18.9 Å². The number of carbonyl (C=O) groups is 1. The average molecular weight is 313 g/mol. The van der Waals surface area contributed by atoms with Gasteiger partial charge in [-0.3, -0.25) is 4.79 Å². The van der Waals surface area contributed by atoms with E-state index in [0.29, 0.717) is 19.6 Å². The number of hydrogen-bond acceptors (Lipinski definition) is 4. The van der Waals surface area contributed by atoms with E-state index in [1.165, 1.54) is 12.1 Å². The molecule has 0 aliphatic carbocycles. The lowest BCUT2D eigenvalue weighted by Gasteiger charge is -2.28. The van der Waals surface area contributed by atoms with Crippen molar-refractivity contribution in [3.05, 3.63) is 30.1 Å². The Balaban J connectivity index is 2.45. The first-order valence-corrected chi connectivity index (χ1v) is 8.31. The van der Waals surface area contributed by atoms with Gasteiger partial charge in [-0.25, -0.2) is 4.39 Å². The SMILES string of the molecule is CCNC(C)(CCCSc1cccc(F)c1)C(=O)OCC. The zero-order chi connectivity index (χ0) is 15.7. The molecule has 3 nitrogen and oxygen atoms in total. The molecule has 0 fully saturated rings. The maximum absolute atomic E-state index is 13.1. The highest BCUT2D eigenvalue weighted by Gasteiger charge is 2.32. The van der Waals surface area contributed by atoms with E-state index in [9.17, 15) is 9.18 Å². The van der Waals surface area contributed by atoms with Crippen LogP contribution in [0.1, 0.15) is 33.6 Å². The molecule has 0 aliphatic heterocycles. The fourth-order valence-corrected chi connectivity index (χ4v) is 3.01. The molecule has 1 aromatic rings. The molecular formula is C16H24FNO2S. The number of esters is 1. The third-order valence-electron chi connectivity index (χ3n) is 3.18. The van der Waals surface area contributed by atoms with E-state index in [2.05, 4.69) is 5.32 Å². The fourth-order valence-electron chi connectivity index (χ4n) is 2.12. The van der Waals surface area contributed by atoms with Gasteiger partial charge in [0, 0.05) is 4.90 Å². The van der Waals surface area contributed by atoms with Gasteiger partial charge < -0.3 is 10.1 Å². The summed E-state index contributed by atoms with van der Waals surface area (Å²) in [7, 11) is 0. The minimum atomic E-state index is -0.646. The number of rotatable bonds is 9. The molecule has 1 aromatic carbocycles. The van der Waals surface area contributed by atoms with Crippen LogP contribution < -0.4 is 5.32 Å². The Kier molecular flexibility index (Phi) is 7.75. The molecule has 1 N–H and O–H groups in total. The molecule has 5 heteroatoms. The Morgan fingerprint density at radius 2 is 2.19 bits per heavy atom. The Hall–Kier alpha value is -1.07. The molecule has 0 saturated heterocycles. The summed E-state index contributed by atoms with van der Waals surface area (Å²) in [6, 6.07) is 6.56. The van der Waals surface area contributed by atoms with E-state index in [0.717, 1.165) is 17.1 Å². The van der Waals surface area contributed by atoms with Crippen LogP contribution in [0.4, 0.5) is 4.39 Å². The van der Waals surface area contributed by atoms with Crippen molar-refractivity contribution in [1.82, 2.24) is 5.32 Å². The van der Waals surface area contributed by atoms with Crippen molar-refractivity contribution in [3.8, 4) is 0 Å². The summed E-state index contributed by atoms with van der Waals surface area (Å²) < 4.78 is 18.2. The molecule has 1 unspecified atom stereocenters. The lowest BCUT2D eigenvalue weighted by molar-refractivity contribution is -0.150. The number of likely N-dealkylation sites (N-methyl/N-ethyl adjacent to an activating group) is 1. The van der Waals surface area contributed by atoms with Gasteiger partial charge in [-0.1, -0.05) is 13.0 Å². The lowest BCUT2D eigenvalue weighted by atomic mass is 9.96. The number of carbonyl (C=O) groups excluding carboxylic acids is 1. The van der Waals surface area contributed by atoms with Crippen LogP contribution in [0.3, 0.4) is 0 Å². The van der Waals surface area contributed by atoms with Crippen LogP contribution in [0, 0.1) is 5.82 Å². The molecule has 0 amide bonds. The van der Waals surface area contributed by atoms with Crippen LogP contribution in [0.15, 0.2) is 29.2 Å². The van der Waals surface area contributed by atoms with Gasteiger partial charge in [0.1, 0.15) is 11.4 Å². The van der Waals surface area contributed by atoms with Gasteiger partial charge in [-0.05, 0) is 57.2 Å². The van der Waals surface area contributed by atoms with E-state index in [4.69, 9.17) is 4.74 Å². The van der Waals surface area contributed by atoms with Crippen LogP contribution in [0.25, 0.3) is 0 Å². The Morgan fingerprint density at radius 1 is 1.43 bits per heavy atom. The van der Waals surface area contributed by atoms with Crippen molar-refractivity contribution in [1.29, 1.82) is 0 Å². The van der Waals surface area contributed by atoms with Gasteiger partial charge in [0.15, 0.2) is 0 Å². The quantitative estimate of drug-likeness (QED) is 0.429. The predicted molar refractivity (Wildman–Crippen MR) is 85.1 cm³/mol. The summed E-state index contributed by atoms with van der Waals surface area (Å²) in [6.07, 6.45) is 1.55. The third kappa shape index (κ3) is 6.06. The monoisotopic (exact) mass is 313 g/mol. The molecule has 21 heavy (non-hydrogen) atoms. The smallest absolute Gasteiger partial charge is 0.326 e. The average Bonchev–Trinajstić information content (AvgIpc) is 2.44. The van der Waals surface area contributed by atoms with Crippen LogP contribution >= 0.6 is 11.8 Å². The van der Waals surface area contributed by atoms with Gasteiger partial charge in [0.05, 0.1) is 6.61 Å². The van der Waals surface area contributed by atoms with Crippen LogP contribution in [-0.4, -0.2) is 30.4 Å². The molecular weight excluding hydrogens is 289 g/mol. The Morgan fingerprint density at radius 3 is 2.81 bits per heavy atom. The number of nitrogens with one attached hydrogen (secondary N) is 1. The normalized spacial score (nSPS) is 13.7. The minimum absolute atomic E-state index is 0.206. The molecule has 1 rings (SSSR count). The first kappa shape index (κ1) is 18.0. The second kappa shape index (κ2) is 9.05. The molecule has 0 bridgehead atoms. The van der Waals surface area contributed by atoms with E-state index in [1.54, 1.807) is 17.8 Å². The maximum Gasteiger partial charge on any atom is 0.326 e. The highest BCUT2D eigenvalue weighted by atomic mass is 32.2. The summed E-state index contributed by atoms with van der Waals surface area (Å²) in [5.41, 5.74) is -0.646. The lowest BCUT2D eigenvalue weighted by Crippen LogP contribution is -2.50. The van der Waals surface area contributed by atoms with E-state index < -0.39 is 5.54 Å². The first-order chi connectivity index (χ1) is 10.0. The van der Waals surface area contributed by atoms with E-state index in [-0.39, 0.29) is 11.8 Å². The highest BCUT2D eigenvalue weighted by Crippen LogP contribution is 2.22. The zero-order valence-corrected chi connectivity index (χ0v) is 13.8. The number of benzene rings is 1. The Bertz CT molecular complexity index is 456. The van der Waals surface area contributed by atoms with Gasteiger partial charge in [-0.15, -0.1) is 11.8 Å². The van der Waals surface area contributed by atoms with E-state index >= 15 is 0 Å². The van der Waals surface area contributed by atoms with Crippen molar-refractivity contribution in [2.45, 2.75) is 44.0 Å². The number of thioether (sulfide) groups is 1. The minimum Gasteiger partial charge on any atom is -0.465 e. The van der Waals surface area contributed by atoms with Crippen LogP contribution in [0.5, 0.6) is 0 Å². The molecule has 0 radical (unpaired) electrons. The van der Waals surface area contributed by atoms with Crippen molar-refractivity contribution >= 4 is 17.7 Å². The summed E-state index contributed by atoms with van der Waals surface area (Å²) in [4.78, 5) is 12.9. The summed E-state index contributed by atoms with van der Waals surface area (Å²) in [5.74, 6) is 0.413. The maximum atomic E-state index is 13.1. The van der Waals surface area contributed by atoms with Gasteiger partial charge in [0.25, 0.3) is 0 Å². The number of hydrogen-bond donors (Lipinski definition) is 1. The van der Waals surface area contributed by atoms with Gasteiger partial charge >= 0.3 is 5.97 Å². The molecule has 0 heterocycles. The second-order valence-electron chi connectivity index (χ2n) is 4.99. The van der Waals surface area contributed by atoms with Crippen molar-refractivity contribution in [2.24, 2.45) is 0 Å².